The molecule has 0 unspecified atom stereocenters. The van der Waals surface area contributed by atoms with Crippen LogP contribution in [0.25, 0.3) is 10.8 Å². The molecule has 4 aromatic carbocycles. The summed E-state index contributed by atoms with van der Waals surface area (Å²) in [6.07, 6.45) is 0.937. The monoisotopic (exact) mass is 610 g/mol. The van der Waals surface area contributed by atoms with E-state index < -0.39 is 12.3 Å². The highest BCUT2D eigenvalue weighted by molar-refractivity contribution is 5.90. The standard InChI is InChI=1S/C37H42N2O6/c1-25(29-19-18-27-8-3-4-9-30(27)20-29)39(2)23-33-22-34(28-16-14-26(24-40)15-17-28)45-37(44-33)31-10-7-11-32(21-31)38-35(41)12-5-6-13-36(42)43/h3-4,7-11,14-21,25,33-34,37,40H,5-6,12-13,22-24H2,1-2H3,(H,38,41)(H,42,43)/t25-,33+,34-,37-/m1/s1. The van der Waals surface area contributed by atoms with Crippen molar-refractivity contribution >= 4 is 28.3 Å². The molecule has 1 aliphatic rings. The molecule has 1 amide bonds. The smallest absolute Gasteiger partial charge is 0.303 e. The number of carbonyl (C=O) groups excluding carboxylic acids is 1. The third kappa shape index (κ3) is 8.77. The van der Waals surface area contributed by atoms with Crippen LogP contribution in [0.3, 0.4) is 0 Å². The van der Waals surface area contributed by atoms with Gasteiger partial charge in [-0.3, -0.25) is 14.5 Å². The van der Waals surface area contributed by atoms with Crippen molar-refractivity contribution in [2.75, 3.05) is 18.9 Å². The average molecular weight is 611 g/mol. The number of likely N-dealkylation sites (N-methyl/N-ethyl adjacent to an activating group) is 1. The number of carboxylic acids is 1. The number of rotatable bonds is 13. The fraction of sp³-hybridized carbons (Fsp3) is 0.351. The number of amides is 1. The Bertz CT molecular complexity index is 1590. The third-order valence-electron chi connectivity index (χ3n) is 8.51. The van der Waals surface area contributed by atoms with E-state index in [2.05, 4.69) is 66.7 Å². The van der Waals surface area contributed by atoms with Crippen LogP contribution in [0.4, 0.5) is 5.69 Å². The molecule has 1 saturated heterocycles. The van der Waals surface area contributed by atoms with E-state index >= 15 is 0 Å². The van der Waals surface area contributed by atoms with Crippen LogP contribution in [-0.4, -0.2) is 46.7 Å². The first-order valence-corrected chi connectivity index (χ1v) is 15.6. The van der Waals surface area contributed by atoms with Crippen LogP contribution < -0.4 is 5.32 Å². The normalized spacial score (nSPS) is 19.0. The van der Waals surface area contributed by atoms with E-state index in [1.165, 1.54) is 16.3 Å². The first-order chi connectivity index (χ1) is 21.8. The Kier molecular flexibility index (Phi) is 11.0. The number of aliphatic carboxylic acids is 1. The lowest BCUT2D eigenvalue weighted by Gasteiger charge is -2.39. The largest absolute Gasteiger partial charge is 0.481 e. The Balaban J connectivity index is 1.31. The molecule has 0 radical (unpaired) electrons. The number of unbranched alkanes of at least 4 members (excludes halogenated alkanes) is 1. The molecule has 1 heterocycles. The number of aliphatic hydroxyl groups is 1. The summed E-state index contributed by atoms with van der Waals surface area (Å²) in [5.74, 6) is -1.02. The number of aliphatic hydroxyl groups excluding tert-OH is 1. The van der Waals surface area contributed by atoms with E-state index in [-0.39, 0.29) is 43.6 Å². The number of anilines is 1. The fourth-order valence-corrected chi connectivity index (χ4v) is 5.78. The molecule has 8 heteroatoms. The van der Waals surface area contributed by atoms with Crippen molar-refractivity contribution in [3.05, 3.63) is 113 Å². The zero-order valence-corrected chi connectivity index (χ0v) is 25.9. The Morgan fingerprint density at radius 1 is 0.889 bits per heavy atom. The van der Waals surface area contributed by atoms with Crippen molar-refractivity contribution in [1.82, 2.24) is 4.90 Å². The maximum atomic E-state index is 12.5. The van der Waals surface area contributed by atoms with Crippen LogP contribution in [0.2, 0.25) is 0 Å². The van der Waals surface area contributed by atoms with E-state index in [1.807, 2.05) is 48.5 Å². The SMILES string of the molecule is C[C@H](c1ccc2ccccc2c1)N(C)C[C@@H]1C[C@H](c2ccc(CO)cc2)O[C@H](c2cccc(NC(=O)CCCCC(=O)O)c2)O1. The molecule has 1 fully saturated rings. The van der Waals surface area contributed by atoms with Crippen molar-refractivity contribution in [1.29, 1.82) is 0 Å². The zero-order chi connectivity index (χ0) is 31.8. The zero-order valence-electron chi connectivity index (χ0n) is 25.9. The number of carboxylic acid groups (broad SMARTS) is 1. The van der Waals surface area contributed by atoms with Gasteiger partial charge in [-0.2, -0.15) is 0 Å². The van der Waals surface area contributed by atoms with Crippen molar-refractivity contribution in [2.24, 2.45) is 0 Å². The molecule has 4 atom stereocenters. The van der Waals surface area contributed by atoms with Crippen molar-refractivity contribution < 1.29 is 29.3 Å². The van der Waals surface area contributed by atoms with Gasteiger partial charge in [0.15, 0.2) is 6.29 Å². The molecule has 0 spiro atoms. The highest BCUT2D eigenvalue weighted by Gasteiger charge is 2.33. The molecule has 0 bridgehead atoms. The second-order valence-electron chi connectivity index (χ2n) is 11.8. The van der Waals surface area contributed by atoms with E-state index in [0.29, 0.717) is 31.5 Å². The maximum absolute atomic E-state index is 12.5. The van der Waals surface area contributed by atoms with Gasteiger partial charge in [-0.05, 0) is 72.5 Å². The molecule has 4 aromatic rings. The molecule has 1 aliphatic heterocycles. The Hall–Kier alpha value is -4.08. The molecule has 5 rings (SSSR count). The van der Waals surface area contributed by atoms with Crippen LogP contribution >= 0.6 is 0 Å². The van der Waals surface area contributed by atoms with Gasteiger partial charge >= 0.3 is 5.97 Å². The lowest BCUT2D eigenvalue weighted by Crippen LogP contribution is -2.38. The second-order valence-corrected chi connectivity index (χ2v) is 11.8. The van der Waals surface area contributed by atoms with Crippen molar-refractivity contribution in [3.63, 3.8) is 0 Å². The van der Waals surface area contributed by atoms with Crippen LogP contribution in [0.5, 0.6) is 0 Å². The van der Waals surface area contributed by atoms with Gasteiger partial charge in [-0.15, -0.1) is 0 Å². The minimum Gasteiger partial charge on any atom is -0.481 e. The number of benzene rings is 4. The quantitative estimate of drug-likeness (QED) is 0.138. The summed E-state index contributed by atoms with van der Waals surface area (Å²) >= 11 is 0. The molecule has 45 heavy (non-hydrogen) atoms. The first kappa shape index (κ1) is 32.3. The van der Waals surface area contributed by atoms with Gasteiger partial charge in [-0.1, -0.05) is 72.8 Å². The molecule has 8 nitrogen and oxygen atoms in total. The molecule has 236 valence electrons. The van der Waals surface area contributed by atoms with Crippen LogP contribution in [0.1, 0.15) is 79.7 Å². The minimum atomic E-state index is -0.856. The minimum absolute atomic E-state index is 0.0182. The summed E-state index contributed by atoms with van der Waals surface area (Å²) in [6.45, 7) is 2.88. The predicted molar refractivity (Wildman–Crippen MR) is 175 cm³/mol. The number of nitrogens with zero attached hydrogens (tertiary/aromatic N) is 1. The topological polar surface area (TPSA) is 108 Å². The summed E-state index contributed by atoms with van der Waals surface area (Å²) in [5.41, 5.74) is 4.53. The Morgan fingerprint density at radius 3 is 2.40 bits per heavy atom. The van der Waals surface area contributed by atoms with Crippen molar-refractivity contribution in [2.45, 2.75) is 70.2 Å². The molecule has 0 aliphatic carbocycles. The number of ether oxygens (including phenoxy) is 2. The Morgan fingerprint density at radius 2 is 1.64 bits per heavy atom. The van der Waals surface area contributed by atoms with Crippen LogP contribution in [-0.2, 0) is 25.7 Å². The van der Waals surface area contributed by atoms with Gasteiger partial charge in [0.2, 0.25) is 5.91 Å². The number of hydrogen-bond donors (Lipinski definition) is 3. The first-order valence-electron chi connectivity index (χ1n) is 15.6. The summed E-state index contributed by atoms with van der Waals surface area (Å²) in [5, 5.41) is 23.7. The lowest BCUT2D eigenvalue weighted by atomic mass is 9.98. The summed E-state index contributed by atoms with van der Waals surface area (Å²) in [7, 11) is 2.12. The summed E-state index contributed by atoms with van der Waals surface area (Å²) in [4.78, 5) is 25.6. The van der Waals surface area contributed by atoms with Gasteiger partial charge in [0.25, 0.3) is 0 Å². The van der Waals surface area contributed by atoms with E-state index in [0.717, 1.165) is 16.7 Å². The Labute approximate surface area is 264 Å². The number of nitrogens with one attached hydrogen (secondary N) is 1. The lowest BCUT2D eigenvalue weighted by molar-refractivity contribution is -0.253. The molecular weight excluding hydrogens is 568 g/mol. The number of fused-ring (bicyclic) bond motifs is 1. The van der Waals surface area contributed by atoms with E-state index in [4.69, 9.17) is 14.6 Å². The second kappa shape index (κ2) is 15.3. The highest BCUT2D eigenvalue weighted by Crippen LogP contribution is 2.39. The number of carbonyl (C=O) groups is 2. The average Bonchev–Trinajstić information content (AvgIpc) is 3.06. The van der Waals surface area contributed by atoms with Gasteiger partial charge in [-0.25, -0.2) is 0 Å². The summed E-state index contributed by atoms with van der Waals surface area (Å²) < 4.78 is 13.1. The maximum Gasteiger partial charge on any atom is 0.303 e. The van der Waals surface area contributed by atoms with E-state index in [1.54, 1.807) is 0 Å². The van der Waals surface area contributed by atoms with Gasteiger partial charge < -0.3 is 25.0 Å². The highest BCUT2D eigenvalue weighted by atomic mass is 16.7. The van der Waals surface area contributed by atoms with Crippen LogP contribution in [0, 0.1) is 0 Å². The third-order valence-corrected chi connectivity index (χ3v) is 8.51. The van der Waals surface area contributed by atoms with Gasteiger partial charge in [0.05, 0.1) is 18.8 Å². The molecule has 0 saturated carbocycles. The predicted octanol–water partition coefficient (Wildman–Crippen LogP) is 7.15. The fourth-order valence-electron chi connectivity index (χ4n) is 5.78. The molecule has 0 aromatic heterocycles. The van der Waals surface area contributed by atoms with Gasteiger partial charge in [0.1, 0.15) is 0 Å². The molecule has 3 N–H and O–H groups in total. The summed E-state index contributed by atoms with van der Waals surface area (Å²) in [6, 6.07) is 30.5. The van der Waals surface area contributed by atoms with E-state index in [9.17, 15) is 14.7 Å². The number of hydrogen-bond acceptors (Lipinski definition) is 6. The van der Waals surface area contributed by atoms with Crippen LogP contribution in [0.15, 0.2) is 91.0 Å². The van der Waals surface area contributed by atoms with Crippen molar-refractivity contribution in [3.8, 4) is 0 Å². The van der Waals surface area contributed by atoms with Gasteiger partial charge in [0, 0.05) is 43.1 Å². The molecular formula is C37H42N2O6.